The first-order chi connectivity index (χ1) is 25.2. The second-order valence-corrected chi connectivity index (χ2v) is 12.7. The predicted octanol–water partition coefficient (Wildman–Crippen LogP) is 10.8. The number of aromatic nitrogens is 3. The van der Waals surface area contributed by atoms with Crippen LogP contribution in [0.2, 0.25) is 0 Å². The zero-order chi connectivity index (χ0) is 34.2. The zero-order valence-electron chi connectivity index (χ0n) is 27.6. The van der Waals surface area contributed by atoms with E-state index in [4.69, 9.17) is 15.0 Å². The molecule has 8 aromatic rings. The molecule has 0 radical (unpaired) electrons. The maximum atomic E-state index is 9.32. The van der Waals surface area contributed by atoms with E-state index in [1.807, 2.05) is 66.7 Å². The van der Waals surface area contributed by atoms with E-state index in [9.17, 15) is 5.26 Å². The van der Waals surface area contributed by atoms with E-state index >= 15 is 0 Å². The summed E-state index contributed by atoms with van der Waals surface area (Å²) in [5.41, 5.74) is 12.0. The summed E-state index contributed by atoms with van der Waals surface area (Å²) in [4.78, 5) is 15.5. The van der Waals surface area contributed by atoms with E-state index in [1.165, 1.54) is 27.8 Å². The number of hydrogen-bond donors (Lipinski definition) is 0. The van der Waals surface area contributed by atoms with E-state index in [-0.39, 0.29) is 0 Å². The van der Waals surface area contributed by atoms with E-state index in [1.54, 1.807) is 0 Å². The van der Waals surface area contributed by atoms with Gasteiger partial charge in [-0.3, -0.25) is 0 Å². The summed E-state index contributed by atoms with van der Waals surface area (Å²) in [6.07, 6.45) is 0. The van der Waals surface area contributed by atoms with Crippen molar-refractivity contribution in [3.05, 3.63) is 210 Å². The minimum atomic E-state index is -0.530. The summed E-state index contributed by atoms with van der Waals surface area (Å²) in [6.45, 7) is 0. The third kappa shape index (κ3) is 5.03. The monoisotopic (exact) mass is 650 g/mol. The van der Waals surface area contributed by atoms with Gasteiger partial charge >= 0.3 is 0 Å². The maximum absolute atomic E-state index is 9.32. The van der Waals surface area contributed by atoms with Gasteiger partial charge in [-0.1, -0.05) is 164 Å². The highest BCUT2D eigenvalue weighted by Crippen LogP contribution is 2.58. The third-order valence-corrected chi connectivity index (χ3v) is 9.86. The van der Waals surface area contributed by atoms with Crippen molar-refractivity contribution in [3.8, 4) is 62.5 Å². The van der Waals surface area contributed by atoms with Gasteiger partial charge in [0.1, 0.15) is 0 Å². The van der Waals surface area contributed by atoms with Crippen LogP contribution >= 0.6 is 0 Å². The van der Waals surface area contributed by atoms with Crippen molar-refractivity contribution in [2.75, 3.05) is 0 Å². The number of rotatable bonds is 6. The lowest BCUT2D eigenvalue weighted by Gasteiger charge is -2.33. The Balaban J connectivity index is 1.29. The largest absolute Gasteiger partial charge is 0.208 e. The molecule has 1 aromatic heterocycles. The maximum Gasteiger partial charge on any atom is 0.164 e. The molecule has 238 valence electrons. The van der Waals surface area contributed by atoms with Gasteiger partial charge < -0.3 is 0 Å². The highest BCUT2D eigenvalue weighted by Gasteiger charge is 2.47. The van der Waals surface area contributed by atoms with Crippen molar-refractivity contribution in [2.24, 2.45) is 0 Å². The highest BCUT2D eigenvalue weighted by atomic mass is 15.0. The van der Waals surface area contributed by atoms with Crippen LogP contribution in [0.4, 0.5) is 0 Å². The van der Waals surface area contributed by atoms with Crippen molar-refractivity contribution in [2.45, 2.75) is 5.41 Å². The van der Waals surface area contributed by atoms with Gasteiger partial charge in [-0.25, -0.2) is 15.0 Å². The molecule has 1 aliphatic rings. The van der Waals surface area contributed by atoms with E-state index < -0.39 is 5.41 Å². The molecule has 0 aliphatic heterocycles. The number of benzene rings is 7. The minimum absolute atomic E-state index is 0.530. The quantitative estimate of drug-likeness (QED) is 0.180. The van der Waals surface area contributed by atoms with Crippen LogP contribution in [0.1, 0.15) is 27.8 Å². The molecule has 0 N–H and O–H groups in total. The highest BCUT2D eigenvalue weighted by molar-refractivity contribution is 5.94. The molecule has 0 saturated carbocycles. The molecular weight excluding hydrogens is 621 g/mol. The zero-order valence-corrected chi connectivity index (χ0v) is 27.6. The Morgan fingerprint density at radius 2 is 0.902 bits per heavy atom. The smallest absolute Gasteiger partial charge is 0.164 e. The normalized spacial score (nSPS) is 12.5. The number of nitrogens with zero attached hydrogens (tertiary/aromatic N) is 4. The van der Waals surface area contributed by atoms with Crippen LogP contribution in [0, 0.1) is 11.3 Å². The second kappa shape index (κ2) is 12.5. The Hall–Kier alpha value is -6.96. The van der Waals surface area contributed by atoms with Crippen molar-refractivity contribution in [3.63, 3.8) is 0 Å². The summed E-state index contributed by atoms with van der Waals surface area (Å²) in [5, 5.41) is 9.32. The Kier molecular flexibility index (Phi) is 7.38. The molecule has 4 heteroatoms. The standard InChI is InChI=1S/C47H30N4/c48-31-32-26-28-33(29-27-32)35-16-12-17-36(30-35)45-49-44(34-14-4-1-5-15-34)50-46(51-45)40-23-13-25-42-43(40)39-22-10-11-24-41(39)47(42,37-18-6-2-7-19-37)38-20-8-3-9-21-38/h1-30H. The van der Waals surface area contributed by atoms with Gasteiger partial charge in [0, 0.05) is 16.7 Å². The van der Waals surface area contributed by atoms with Gasteiger partial charge in [0.05, 0.1) is 17.0 Å². The number of fused-ring (bicyclic) bond motifs is 3. The predicted molar refractivity (Wildman–Crippen MR) is 204 cm³/mol. The molecule has 0 bridgehead atoms. The van der Waals surface area contributed by atoms with Gasteiger partial charge in [-0.05, 0) is 62.7 Å². The lowest BCUT2D eigenvalue weighted by molar-refractivity contribution is 0.768. The molecule has 4 nitrogen and oxygen atoms in total. The van der Waals surface area contributed by atoms with Gasteiger partial charge in [0.15, 0.2) is 17.5 Å². The molecule has 0 saturated heterocycles. The number of nitriles is 1. The van der Waals surface area contributed by atoms with Crippen molar-refractivity contribution in [1.29, 1.82) is 5.26 Å². The second-order valence-electron chi connectivity index (χ2n) is 12.7. The van der Waals surface area contributed by atoms with Crippen LogP contribution in [-0.4, -0.2) is 15.0 Å². The first-order valence-corrected chi connectivity index (χ1v) is 17.0. The Morgan fingerprint density at radius 3 is 1.59 bits per heavy atom. The molecule has 7 aromatic carbocycles. The number of hydrogen-bond acceptors (Lipinski definition) is 4. The topological polar surface area (TPSA) is 62.5 Å². The molecule has 1 heterocycles. The summed E-state index contributed by atoms with van der Waals surface area (Å²) in [7, 11) is 0. The molecule has 0 unspecified atom stereocenters. The molecule has 0 spiro atoms. The Labute approximate surface area is 297 Å². The van der Waals surface area contributed by atoms with Crippen LogP contribution in [-0.2, 0) is 5.41 Å². The van der Waals surface area contributed by atoms with Crippen LogP contribution < -0.4 is 0 Å². The van der Waals surface area contributed by atoms with Crippen molar-refractivity contribution >= 4 is 0 Å². The lowest BCUT2D eigenvalue weighted by atomic mass is 9.67. The molecule has 0 amide bonds. The van der Waals surface area contributed by atoms with Gasteiger partial charge in [0.25, 0.3) is 0 Å². The van der Waals surface area contributed by atoms with Gasteiger partial charge in [-0.2, -0.15) is 5.26 Å². The molecule has 0 fully saturated rings. The lowest BCUT2D eigenvalue weighted by Crippen LogP contribution is -2.28. The summed E-state index contributed by atoms with van der Waals surface area (Å²) in [5.74, 6) is 1.82. The average Bonchev–Trinajstić information content (AvgIpc) is 3.53. The first-order valence-electron chi connectivity index (χ1n) is 17.0. The Bertz CT molecular complexity index is 2530. The van der Waals surface area contributed by atoms with Crippen molar-refractivity contribution in [1.82, 2.24) is 15.0 Å². The first kappa shape index (κ1) is 30.1. The molecule has 1 aliphatic carbocycles. The summed E-state index contributed by atoms with van der Waals surface area (Å²) >= 11 is 0. The van der Waals surface area contributed by atoms with E-state index in [0.29, 0.717) is 23.0 Å². The fourth-order valence-corrected chi connectivity index (χ4v) is 7.60. The third-order valence-electron chi connectivity index (χ3n) is 9.86. The van der Waals surface area contributed by atoms with Crippen molar-refractivity contribution < 1.29 is 0 Å². The molecular formula is C47H30N4. The minimum Gasteiger partial charge on any atom is -0.208 e. The van der Waals surface area contributed by atoms with Crippen LogP contribution in [0.3, 0.4) is 0 Å². The fraction of sp³-hybridized carbons (Fsp3) is 0.0213. The van der Waals surface area contributed by atoms with E-state index in [2.05, 4.69) is 121 Å². The summed E-state index contributed by atoms with van der Waals surface area (Å²) in [6, 6.07) is 65.1. The van der Waals surface area contributed by atoms with Crippen LogP contribution in [0.5, 0.6) is 0 Å². The SMILES string of the molecule is N#Cc1ccc(-c2cccc(-c3nc(-c4ccccc4)nc(-c4cccc5c4-c4ccccc4C5(c4ccccc4)c4ccccc4)n3)c2)cc1. The Morgan fingerprint density at radius 1 is 0.392 bits per heavy atom. The van der Waals surface area contributed by atoms with Gasteiger partial charge in [-0.15, -0.1) is 0 Å². The van der Waals surface area contributed by atoms with Crippen LogP contribution in [0.25, 0.3) is 56.4 Å². The average molecular weight is 651 g/mol. The van der Waals surface area contributed by atoms with Gasteiger partial charge in [0.2, 0.25) is 0 Å². The molecule has 0 atom stereocenters. The fourth-order valence-electron chi connectivity index (χ4n) is 7.60. The summed E-state index contributed by atoms with van der Waals surface area (Å²) < 4.78 is 0. The molecule has 9 rings (SSSR count). The van der Waals surface area contributed by atoms with Crippen LogP contribution in [0.15, 0.2) is 182 Å². The van der Waals surface area contributed by atoms with E-state index in [0.717, 1.165) is 33.4 Å². The molecule has 51 heavy (non-hydrogen) atoms.